The molecule has 0 bridgehead atoms. The molecule has 6 heteroatoms. The number of rotatable bonds is 14. The van der Waals surface area contributed by atoms with Gasteiger partial charge in [0, 0.05) is 33.4 Å². The first kappa shape index (κ1) is 23.4. The Morgan fingerprint density at radius 1 is 0.963 bits per heavy atom. The molecular weight excluding hydrogens is 340 g/mol. The third-order valence-corrected chi connectivity index (χ3v) is 4.28. The summed E-state index contributed by atoms with van der Waals surface area (Å²) in [6.45, 7) is 14.0. The van der Waals surface area contributed by atoms with E-state index in [0.29, 0.717) is 19.8 Å². The number of hydrogen-bond acceptors (Lipinski definition) is 4. The lowest BCUT2D eigenvalue weighted by Crippen LogP contribution is -2.38. The van der Waals surface area contributed by atoms with Gasteiger partial charge in [0.2, 0.25) is 0 Å². The zero-order valence-corrected chi connectivity index (χ0v) is 17.6. The van der Waals surface area contributed by atoms with Crippen LogP contribution in [0.1, 0.15) is 38.3 Å². The predicted octanol–water partition coefficient (Wildman–Crippen LogP) is 2.64. The number of methoxy groups -OCH3 is 1. The summed E-state index contributed by atoms with van der Waals surface area (Å²) in [5, 5.41) is 6.64. The van der Waals surface area contributed by atoms with Gasteiger partial charge in [0.15, 0.2) is 5.96 Å². The van der Waals surface area contributed by atoms with Crippen LogP contribution in [0.25, 0.3) is 0 Å². The highest BCUT2D eigenvalue weighted by Gasteiger charge is 2.02. The monoisotopic (exact) mass is 378 g/mol. The van der Waals surface area contributed by atoms with Crippen LogP contribution in [0.15, 0.2) is 29.3 Å². The molecule has 2 N–H and O–H groups in total. The average molecular weight is 379 g/mol. The molecule has 27 heavy (non-hydrogen) atoms. The lowest BCUT2D eigenvalue weighted by atomic mass is 10.1. The van der Waals surface area contributed by atoms with Gasteiger partial charge in [-0.1, -0.05) is 38.1 Å². The third kappa shape index (κ3) is 11.0. The molecule has 0 radical (unpaired) electrons. The summed E-state index contributed by atoms with van der Waals surface area (Å²) in [4.78, 5) is 7.09. The van der Waals surface area contributed by atoms with Gasteiger partial charge < -0.3 is 20.1 Å². The molecule has 0 aliphatic carbocycles. The van der Waals surface area contributed by atoms with E-state index < -0.39 is 0 Å². The number of hydrogen-bond donors (Lipinski definition) is 2. The molecule has 0 amide bonds. The average Bonchev–Trinajstić information content (AvgIpc) is 2.70. The number of guanidine groups is 1. The van der Waals surface area contributed by atoms with Gasteiger partial charge >= 0.3 is 0 Å². The van der Waals surface area contributed by atoms with E-state index in [0.717, 1.165) is 51.7 Å². The van der Waals surface area contributed by atoms with E-state index in [4.69, 9.17) is 9.47 Å². The van der Waals surface area contributed by atoms with Crippen LogP contribution in [0, 0.1) is 0 Å². The first-order valence-electron chi connectivity index (χ1n) is 10.1. The second-order valence-electron chi connectivity index (χ2n) is 6.36. The molecule has 0 saturated carbocycles. The molecule has 1 aromatic rings. The fourth-order valence-electron chi connectivity index (χ4n) is 2.59. The van der Waals surface area contributed by atoms with Crippen molar-refractivity contribution >= 4 is 5.96 Å². The number of ether oxygens (including phenoxy) is 2. The Morgan fingerprint density at radius 2 is 1.67 bits per heavy atom. The highest BCUT2D eigenvalue weighted by Crippen LogP contribution is 2.08. The van der Waals surface area contributed by atoms with E-state index in [1.165, 1.54) is 11.1 Å². The van der Waals surface area contributed by atoms with E-state index in [1.807, 2.05) is 0 Å². The highest BCUT2D eigenvalue weighted by atomic mass is 16.5. The molecule has 0 aromatic heterocycles. The Morgan fingerprint density at radius 3 is 2.30 bits per heavy atom. The SMILES string of the molecule is CCNC(=NCc1ccc(CN(CC)CC)cc1)NCCCOCCOC. The minimum atomic E-state index is 0.644. The van der Waals surface area contributed by atoms with Crippen molar-refractivity contribution in [2.45, 2.75) is 40.3 Å². The molecule has 0 fully saturated rings. The minimum absolute atomic E-state index is 0.644. The number of benzene rings is 1. The van der Waals surface area contributed by atoms with Crippen LogP contribution < -0.4 is 10.6 Å². The predicted molar refractivity (Wildman–Crippen MR) is 113 cm³/mol. The van der Waals surface area contributed by atoms with Crippen molar-refractivity contribution < 1.29 is 9.47 Å². The van der Waals surface area contributed by atoms with Gasteiger partial charge in [-0.15, -0.1) is 0 Å². The molecule has 0 aliphatic rings. The molecule has 0 heterocycles. The Bertz CT molecular complexity index is 501. The summed E-state index contributed by atoms with van der Waals surface area (Å²) in [5.74, 6) is 0.849. The summed E-state index contributed by atoms with van der Waals surface area (Å²) in [6, 6.07) is 8.77. The maximum Gasteiger partial charge on any atom is 0.191 e. The van der Waals surface area contributed by atoms with Crippen molar-refractivity contribution in [1.82, 2.24) is 15.5 Å². The van der Waals surface area contributed by atoms with E-state index in [1.54, 1.807) is 7.11 Å². The van der Waals surface area contributed by atoms with Crippen molar-refractivity contribution in [3.63, 3.8) is 0 Å². The maximum atomic E-state index is 5.47. The molecule has 0 unspecified atom stereocenters. The molecule has 0 aliphatic heterocycles. The largest absolute Gasteiger partial charge is 0.382 e. The lowest BCUT2D eigenvalue weighted by Gasteiger charge is -2.18. The van der Waals surface area contributed by atoms with Crippen molar-refractivity contribution in [3.8, 4) is 0 Å². The fraction of sp³-hybridized carbons (Fsp3) is 0.667. The van der Waals surface area contributed by atoms with Crippen LogP contribution in [0.3, 0.4) is 0 Å². The quantitative estimate of drug-likeness (QED) is 0.296. The molecule has 0 atom stereocenters. The Kier molecular flexibility index (Phi) is 13.4. The Hall–Kier alpha value is -1.63. The van der Waals surface area contributed by atoms with Crippen molar-refractivity contribution in [2.75, 3.05) is 53.1 Å². The van der Waals surface area contributed by atoms with Crippen LogP contribution in [-0.2, 0) is 22.6 Å². The lowest BCUT2D eigenvalue weighted by molar-refractivity contribution is 0.0698. The van der Waals surface area contributed by atoms with Crippen LogP contribution in [0.4, 0.5) is 0 Å². The van der Waals surface area contributed by atoms with Gasteiger partial charge in [-0.05, 0) is 37.6 Å². The van der Waals surface area contributed by atoms with Crippen molar-refractivity contribution in [1.29, 1.82) is 0 Å². The molecule has 154 valence electrons. The third-order valence-electron chi connectivity index (χ3n) is 4.28. The van der Waals surface area contributed by atoms with Crippen LogP contribution >= 0.6 is 0 Å². The van der Waals surface area contributed by atoms with Gasteiger partial charge in [-0.3, -0.25) is 4.90 Å². The zero-order chi connectivity index (χ0) is 19.7. The molecule has 1 aromatic carbocycles. The van der Waals surface area contributed by atoms with Gasteiger partial charge in [0.1, 0.15) is 0 Å². The Labute approximate surface area is 165 Å². The summed E-state index contributed by atoms with van der Waals surface area (Å²) in [6.07, 6.45) is 0.939. The van der Waals surface area contributed by atoms with Crippen LogP contribution in [0.2, 0.25) is 0 Å². The van der Waals surface area contributed by atoms with E-state index in [-0.39, 0.29) is 0 Å². The minimum Gasteiger partial charge on any atom is -0.382 e. The summed E-state index contributed by atoms with van der Waals surface area (Å²) in [7, 11) is 1.68. The van der Waals surface area contributed by atoms with Gasteiger partial charge in [-0.2, -0.15) is 0 Å². The van der Waals surface area contributed by atoms with E-state index in [9.17, 15) is 0 Å². The number of nitrogens with zero attached hydrogens (tertiary/aromatic N) is 2. The topological polar surface area (TPSA) is 58.1 Å². The normalized spacial score (nSPS) is 11.8. The summed E-state index contributed by atoms with van der Waals surface area (Å²) >= 11 is 0. The molecule has 0 saturated heterocycles. The first-order chi connectivity index (χ1) is 13.2. The molecule has 1 rings (SSSR count). The molecular formula is C21H38N4O2. The first-order valence-corrected chi connectivity index (χ1v) is 10.1. The van der Waals surface area contributed by atoms with Crippen LogP contribution in [-0.4, -0.2) is 64.0 Å². The standard InChI is InChI=1S/C21H38N4O2/c1-5-22-21(23-13-8-14-27-16-15-26-4)24-17-19-9-11-20(12-10-19)18-25(6-2)7-3/h9-12H,5-8,13-18H2,1-4H3,(H2,22,23,24). The van der Waals surface area contributed by atoms with E-state index in [2.05, 4.69) is 65.6 Å². The van der Waals surface area contributed by atoms with Crippen molar-refractivity contribution in [3.05, 3.63) is 35.4 Å². The molecule has 0 spiro atoms. The van der Waals surface area contributed by atoms with Crippen molar-refractivity contribution in [2.24, 2.45) is 4.99 Å². The van der Waals surface area contributed by atoms with Gasteiger partial charge in [-0.25, -0.2) is 4.99 Å². The zero-order valence-electron chi connectivity index (χ0n) is 17.6. The Balaban J connectivity index is 2.40. The smallest absolute Gasteiger partial charge is 0.191 e. The summed E-state index contributed by atoms with van der Waals surface area (Å²) in [5.41, 5.74) is 2.57. The fourth-order valence-corrected chi connectivity index (χ4v) is 2.59. The summed E-state index contributed by atoms with van der Waals surface area (Å²) < 4.78 is 10.4. The van der Waals surface area contributed by atoms with Gasteiger partial charge in [0.25, 0.3) is 0 Å². The van der Waals surface area contributed by atoms with Crippen LogP contribution in [0.5, 0.6) is 0 Å². The second-order valence-corrected chi connectivity index (χ2v) is 6.36. The second kappa shape index (κ2) is 15.4. The van der Waals surface area contributed by atoms with Gasteiger partial charge in [0.05, 0.1) is 19.8 Å². The molecule has 6 nitrogen and oxygen atoms in total. The highest BCUT2D eigenvalue weighted by molar-refractivity contribution is 5.79. The number of aliphatic imine (C=N–C) groups is 1. The number of nitrogens with one attached hydrogen (secondary N) is 2. The maximum absolute atomic E-state index is 5.47. The van der Waals surface area contributed by atoms with E-state index >= 15 is 0 Å².